The van der Waals surface area contributed by atoms with E-state index in [2.05, 4.69) is 26.2 Å². The van der Waals surface area contributed by atoms with E-state index in [1.165, 1.54) is 12.1 Å². The van der Waals surface area contributed by atoms with Gasteiger partial charge < -0.3 is 16.0 Å². The zero-order valence-corrected chi connectivity index (χ0v) is 12.4. The number of aromatic amines is 1. The summed E-state index contributed by atoms with van der Waals surface area (Å²) in [5.41, 5.74) is 7.62. The van der Waals surface area contributed by atoms with Crippen molar-refractivity contribution in [2.75, 3.05) is 11.1 Å². The molecule has 0 aliphatic carbocycles. The Balaban J connectivity index is 1.95. The van der Waals surface area contributed by atoms with Crippen LogP contribution in [0.5, 0.6) is 0 Å². The van der Waals surface area contributed by atoms with Crippen molar-refractivity contribution in [3.05, 3.63) is 58.4 Å². The average Bonchev–Trinajstić information content (AvgIpc) is 2.85. The number of hydrogen-bond donors (Lipinski definition) is 3. The second-order valence-corrected chi connectivity index (χ2v) is 5.50. The summed E-state index contributed by atoms with van der Waals surface area (Å²) in [5, 5.41) is 3.30. The zero-order valence-electron chi connectivity index (χ0n) is 10.8. The highest BCUT2D eigenvalue weighted by Crippen LogP contribution is 2.24. The van der Waals surface area contributed by atoms with E-state index in [1.807, 2.05) is 0 Å². The van der Waals surface area contributed by atoms with Gasteiger partial charge in [0.1, 0.15) is 5.82 Å². The van der Waals surface area contributed by atoms with E-state index in [-0.39, 0.29) is 11.6 Å². The van der Waals surface area contributed by atoms with Crippen molar-refractivity contribution in [3.63, 3.8) is 0 Å². The third-order valence-corrected chi connectivity index (χ3v) is 3.62. The molecule has 106 valence electrons. The second kappa shape index (κ2) is 5.21. The Bertz CT molecular complexity index is 844. The summed E-state index contributed by atoms with van der Waals surface area (Å²) in [4.78, 5) is 15.3. The van der Waals surface area contributed by atoms with E-state index in [0.29, 0.717) is 15.7 Å². The molecule has 1 heterocycles. The molecule has 3 rings (SSSR count). The number of hydrogen-bond acceptors (Lipinski definition) is 2. The van der Waals surface area contributed by atoms with E-state index in [4.69, 9.17) is 5.73 Å². The third kappa shape index (κ3) is 2.62. The fourth-order valence-electron chi connectivity index (χ4n) is 2.11. The maximum absolute atomic E-state index is 13.7. The molecule has 2 aromatic carbocycles. The largest absolute Gasteiger partial charge is 0.399 e. The number of aromatic nitrogens is 1. The molecular weight excluding hydrogens is 337 g/mol. The first kappa shape index (κ1) is 13.6. The van der Waals surface area contributed by atoms with E-state index < -0.39 is 5.82 Å². The summed E-state index contributed by atoms with van der Waals surface area (Å²) in [6.07, 6.45) is 1.58. The average molecular weight is 348 g/mol. The lowest BCUT2D eigenvalue weighted by Gasteiger charge is -2.06. The van der Waals surface area contributed by atoms with Gasteiger partial charge in [-0.15, -0.1) is 0 Å². The number of amides is 1. The van der Waals surface area contributed by atoms with Crippen LogP contribution >= 0.6 is 15.9 Å². The van der Waals surface area contributed by atoms with Crippen LogP contribution in [-0.2, 0) is 0 Å². The summed E-state index contributed by atoms with van der Waals surface area (Å²) in [6, 6.07) is 9.58. The molecular formula is C15H11BrFN3O. The predicted molar refractivity (Wildman–Crippen MR) is 84.8 cm³/mol. The second-order valence-electron chi connectivity index (χ2n) is 4.59. The molecule has 0 spiro atoms. The Morgan fingerprint density at radius 2 is 2.05 bits per heavy atom. The Hall–Kier alpha value is -2.34. The van der Waals surface area contributed by atoms with E-state index in [0.717, 1.165) is 10.9 Å². The lowest BCUT2D eigenvalue weighted by atomic mass is 10.1. The topological polar surface area (TPSA) is 70.9 Å². The van der Waals surface area contributed by atoms with Crippen molar-refractivity contribution in [1.82, 2.24) is 4.98 Å². The molecule has 0 saturated heterocycles. The Kier molecular flexibility index (Phi) is 3.39. The molecule has 0 aliphatic heterocycles. The molecule has 4 N–H and O–H groups in total. The first-order valence-electron chi connectivity index (χ1n) is 6.17. The van der Waals surface area contributed by atoms with Crippen LogP contribution < -0.4 is 11.1 Å². The summed E-state index contributed by atoms with van der Waals surface area (Å²) in [5.74, 6) is -0.876. The lowest BCUT2D eigenvalue weighted by Crippen LogP contribution is -2.12. The van der Waals surface area contributed by atoms with Crippen molar-refractivity contribution in [3.8, 4) is 0 Å². The molecule has 0 bridgehead atoms. The third-order valence-electron chi connectivity index (χ3n) is 3.13. The minimum Gasteiger partial charge on any atom is -0.399 e. The van der Waals surface area contributed by atoms with Crippen LogP contribution in [0, 0.1) is 5.82 Å². The van der Waals surface area contributed by atoms with E-state index >= 15 is 0 Å². The van der Waals surface area contributed by atoms with Crippen LogP contribution in [0.4, 0.5) is 15.8 Å². The van der Waals surface area contributed by atoms with Crippen LogP contribution in [0.1, 0.15) is 10.4 Å². The molecule has 0 saturated carbocycles. The number of carbonyl (C=O) groups excluding carboxylic acids is 1. The quantitative estimate of drug-likeness (QED) is 0.615. The molecule has 3 aromatic rings. The fraction of sp³-hybridized carbons (Fsp3) is 0. The standard InChI is InChI=1S/C15H11BrFN3O/c16-8-1-4-12(17)14(5-8)20-15(21)11-7-19-13-6-9(18)2-3-10(11)13/h1-7,19H,18H2,(H,20,21). The summed E-state index contributed by atoms with van der Waals surface area (Å²) < 4.78 is 14.4. The van der Waals surface area contributed by atoms with Crippen LogP contribution in [-0.4, -0.2) is 10.9 Å². The SMILES string of the molecule is Nc1ccc2c(C(=O)Nc3cc(Br)ccc3F)c[nH]c2c1. The molecule has 0 radical (unpaired) electrons. The number of nitrogens with two attached hydrogens (primary N) is 1. The number of nitrogens with one attached hydrogen (secondary N) is 2. The number of anilines is 2. The zero-order chi connectivity index (χ0) is 15.0. The van der Waals surface area contributed by atoms with Gasteiger partial charge in [0.25, 0.3) is 5.91 Å². The number of carbonyl (C=O) groups is 1. The minimum absolute atomic E-state index is 0.124. The van der Waals surface area contributed by atoms with Gasteiger partial charge in [0, 0.05) is 27.3 Å². The van der Waals surface area contributed by atoms with Crippen molar-refractivity contribution < 1.29 is 9.18 Å². The number of halogens is 2. The monoisotopic (exact) mass is 347 g/mol. The molecule has 0 unspecified atom stereocenters. The first-order valence-corrected chi connectivity index (χ1v) is 6.97. The van der Waals surface area contributed by atoms with Crippen LogP contribution in [0.2, 0.25) is 0 Å². The highest BCUT2D eigenvalue weighted by atomic mass is 79.9. The molecule has 1 amide bonds. The number of rotatable bonds is 2. The summed E-state index contributed by atoms with van der Waals surface area (Å²) in [6.45, 7) is 0. The molecule has 0 aliphatic rings. The van der Waals surface area contributed by atoms with Gasteiger partial charge in [-0.2, -0.15) is 0 Å². The predicted octanol–water partition coefficient (Wildman–Crippen LogP) is 3.90. The number of H-pyrrole nitrogens is 1. The lowest BCUT2D eigenvalue weighted by molar-refractivity contribution is 0.102. The first-order chi connectivity index (χ1) is 10.0. The highest BCUT2D eigenvalue weighted by Gasteiger charge is 2.14. The molecule has 0 fully saturated rings. The summed E-state index contributed by atoms with van der Waals surface area (Å²) in [7, 11) is 0. The van der Waals surface area contributed by atoms with Gasteiger partial charge in [0.2, 0.25) is 0 Å². The Labute approximate surface area is 128 Å². The van der Waals surface area contributed by atoms with Gasteiger partial charge in [-0.05, 0) is 36.4 Å². The minimum atomic E-state index is -0.490. The molecule has 6 heteroatoms. The van der Waals surface area contributed by atoms with Crippen molar-refractivity contribution >= 4 is 44.1 Å². The smallest absolute Gasteiger partial charge is 0.257 e. The van der Waals surface area contributed by atoms with Gasteiger partial charge in [0.15, 0.2) is 0 Å². The normalized spacial score (nSPS) is 10.8. The van der Waals surface area contributed by atoms with E-state index in [1.54, 1.807) is 30.5 Å². The van der Waals surface area contributed by atoms with Crippen molar-refractivity contribution in [1.29, 1.82) is 0 Å². The highest BCUT2D eigenvalue weighted by molar-refractivity contribution is 9.10. The number of benzene rings is 2. The van der Waals surface area contributed by atoms with Crippen LogP contribution in [0.3, 0.4) is 0 Å². The molecule has 0 atom stereocenters. The van der Waals surface area contributed by atoms with Gasteiger partial charge >= 0.3 is 0 Å². The van der Waals surface area contributed by atoms with Gasteiger partial charge in [-0.3, -0.25) is 4.79 Å². The maximum atomic E-state index is 13.7. The van der Waals surface area contributed by atoms with Crippen LogP contribution in [0.25, 0.3) is 10.9 Å². The number of nitrogen functional groups attached to an aromatic ring is 1. The Morgan fingerprint density at radius 1 is 1.24 bits per heavy atom. The van der Waals surface area contributed by atoms with Crippen molar-refractivity contribution in [2.24, 2.45) is 0 Å². The van der Waals surface area contributed by atoms with E-state index in [9.17, 15) is 9.18 Å². The fourth-order valence-corrected chi connectivity index (χ4v) is 2.48. The van der Waals surface area contributed by atoms with Gasteiger partial charge in [0.05, 0.1) is 11.3 Å². The maximum Gasteiger partial charge on any atom is 0.257 e. The molecule has 4 nitrogen and oxygen atoms in total. The number of fused-ring (bicyclic) bond motifs is 1. The van der Waals surface area contributed by atoms with Crippen LogP contribution in [0.15, 0.2) is 47.1 Å². The summed E-state index contributed by atoms with van der Waals surface area (Å²) >= 11 is 3.24. The Morgan fingerprint density at radius 3 is 2.86 bits per heavy atom. The molecule has 21 heavy (non-hydrogen) atoms. The van der Waals surface area contributed by atoms with Crippen molar-refractivity contribution in [2.45, 2.75) is 0 Å². The molecule has 1 aromatic heterocycles. The van der Waals surface area contributed by atoms with Gasteiger partial charge in [-0.1, -0.05) is 15.9 Å². The van der Waals surface area contributed by atoms with Gasteiger partial charge in [-0.25, -0.2) is 4.39 Å².